The van der Waals surface area contributed by atoms with Gasteiger partial charge in [0.2, 0.25) is 15.9 Å². The minimum absolute atomic E-state index is 0.0357. The standard InChI is InChI=1S/C9H19N3O3S/c10-5-1-2-7-16(14,15)12-8-4-3-6-11-9(8)13/h8,12H,1-7,10H2,(H,11,13). The van der Waals surface area contributed by atoms with E-state index in [1.54, 1.807) is 0 Å². The summed E-state index contributed by atoms with van der Waals surface area (Å²) in [5.41, 5.74) is 5.28. The van der Waals surface area contributed by atoms with Gasteiger partial charge in [-0.05, 0) is 32.2 Å². The van der Waals surface area contributed by atoms with Gasteiger partial charge in [-0.15, -0.1) is 0 Å². The largest absolute Gasteiger partial charge is 0.355 e. The zero-order chi connectivity index (χ0) is 12.0. The first kappa shape index (κ1) is 13.4. The van der Waals surface area contributed by atoms with E-state index in [9.17, 15) is 13.2 Å². The number of hydrogen-bond donors (Lipinski definition) is 3. The normalized spacial score (nSPS) is 21.8. The second-order valence-corrected chi connectivity index (χ2v) is 5.79. The van der Waals surface area contributed by atoms with Gasteiger partial charge in [-0.1, -0.05) is 0 Å². The molecule has 0 bridgehead atoms. The summed E-state index contributed by atoms with van der Waals surface area (Å²) < 4.78 is 25.6. The first-order chi connectivity index (χ1) is 7.55. The lowest BCUT2D eigenvalue weighted by atomic mass is 10.1. The maximum atomic E-state index is 11.6. The minimum Gasteiger partial charge on any atom is -0.355 e. The Morgan fingerprint density at radius 1 is 1.44 bits per heavy atom. The number of unbranched alkanes of at least 4 members (excludes halogenated alkanes) is 1. The summed E-state index contributed by atoms with van der Waals surface area (Å²) in [6.07, 6.45) is 2.58. The van der Waals surface area contributed by atoms with Crippen molar-refractivity contribution < 1.29 is 13.2 Å². The topological polar surface area (TPSA) is 101 Å². The first-order valence-corrected chi connectivity index (χ1v) is 7.18. The molecular weight excluding hydrogens is 230 g/mol. The molecule has 0 aromatic carbocycles. The number of carbonyl (C=O) groups is 1. The van der Waals surface area contributed by atoms with Crippen molar-refractivity contribution in [3.63, 3.8) is 0 Å². The molecule has 1 unspecified atom stereocenters. The van der Waals surface area contributed by atoms with Crippen LogP contribution in [0.1, 0.15) is 25.7 Å². The van der Waals surface area contributed by atoms with Crippen LogP contribution in [0.5, 0.6) is 0 Å². The molecule has 6 nitrogen and oxygen atoms in total. The third-order valence-electron chi connectivity index (χ3n) is 2.47. The molecule has 0 aromatic heterocycles. The zero-order valence-corrected chi connectivity index (χ0v) is 10.1. The van der Waals surface area contributed by atoms with Gasteiger partial charge in [-0.3, -0.25) is 4.79 Å². The van der Waals surface area contributed by atoms with Crippen LogP contribution >= 0.6 is 0 Å². The van der Waals surface area contributed by atoms with E-state index < -0.39 is 16.1 Å². The van der Waals surface area contributed by atoms with Gasteiger partial charge in [0.25, 0.3) is 0 Å². The van der Waals surface area contributed by atoms with Gasteiger partial charge < -0.3 is 11.1 Å². The molecule has 1 aliphatic heterocycles. The summed E-state index contributed by atoms with van der Waals surface area (Å²) in [4.78, 5) is 11.3. The van der Waals surface area contributed by atoms with Crippen molar-refractivity contribution >= 4 is 15.9 Å². The van der Waals surface area contributed by atoms with Crippen molar-refractivity contribution in [3.05, 3.63) is 0 Å². The van der Waals surface area contributed by atoms with Gasteiger partial charge >= 0.3 is 0 Å². The third-order valence-corrected chi connectivity index (χ3v) is 3.94. The molecule has 0 aliphatic carbocycles. The van der Waals surface area contributed by atoms with Crippen molar-refractivity contribution in [2.24, 2.45) is 5.73 Å². The molecule has 1 saturated heterocycles. The molecule has 1 amide bonds. The average molecular weight is 249 g/mol. The molecule has 16 heavy (non-hydrogen) atoms. The van der Waals surface area contributed by atoms with E-state index in [2.05, 4.69) is 10.0 Å². The molecule has 1 heterocycles. The molecule has 1 rings (SSSR count). The van der Waals surface area contributed by atoms with Gasteiger partial charge in [0.15, 0.2) is 0 Å². The van der Waals surface area contributed by atoms with Crippen molar-refractivity contribution in [1.29, 1.82) is 0 Å². The van der Waals surface area contributed by atoms with Gasteiger partial charge in [-0.2, -0.15) is 0 Å². The maximum Gasteiger partial charge on any atom is 0.238 e. The molecule has 7 heteroatoms. The Balaban J connectivity index is 2.41. The van der Waals surface area contributed by atoms with Crippen LogP contribution in [0.4, 0.5) is 0 Å². The summed E-state index contributed by atoms with van der Waals surface area (Å²) in [5, 5.41) is 2.64. The quantitative estimate of drug-likeness (QED) is 0.521. The molecule has 1 atom stereocenters. The summed E-state index contributed by atoms with van der Waals surface area (Å²) in [6, 6.07) is -0.600. The van der Waals surface area contributed by atoms with Crippen LogP contribution in [0.2, 0.25) is 0 Å². The van der Waals surface area contributed by atoms with E-state index in [4.69, 9.17) is 5.73 Å². The van der Waals surface area contributed by atoms with E-state index in [-0.39, 0.29) is 11.7 Å². The van der Waals surface area contributed by atoms with E-state index in [0.717, 1.165) is 6.42 Å². The highest BCUT2D eigenvalue weighted by molar-refractivity contribution is 7.89. The molecule has 4 N–H and O–H groups in total. The lowest BCUT2D eigenvalue weighted by molar-refractivity contribution is -0.124. The zero-order valence-electron chi connectivity index (χ0n) is 9.24. The number of nitrogens with two attached hydrogens (primary N) is 1. The van der Waals surface area contributed by atoms with Crippen LogP contribution in [-0.4, -0.2) is 39.2 Å². The fourth-order valence-corrected chi connectivity index (χ4v) is 2.96. The lowest BCUT2D eigenvalue weighted by Gasteiger charge is -2.22. The monoisotopic (exact) mass is 249 g/mol. The fourth-order valence-electron chi connectivity index (χ4n) is 1.60. The van der Waals surface area contributed by atoms with Crippen molar-refractivity contribution in [2.45, 2.75) is 31.7 Å². The average Bonchev–Trinajstić information content (AvgIpc) is 2.21. The predicted molar refractivity (Wildman–Crippen MR) is 61.2 cm³/mol. The SMILES string of the molecule is NCCCCS(=O)(=O)NC1CCCNC1=O. The summed E-state index contributed by atoms with van der Waals surface area (Å²) in [7, 11) is -3.35. The van der Waals surface area contributed by atoms with Crippen LogP contribution in [0.3, 0.4) is 0 Å². The van der Waals surface area contributed by atoms with E-state index >= 15 is 0 Å². The summed E-state index contributed by atoms with van der Waals surface area (Å²) in [5.74, 6) is -0.192. The highest BCUT2D eigenvalue weighted by atomic mass is 32.2. The first-order valence-electron chi connectivity index (χ1n) is 5.53. The second-order valence-electron chi connectivity index (χ2n) is 3.92. The van der Waals surface area contributed by atoms with Crippen LogP contribution in [0, 0.1) is 0 Å². The number of piperidine rings is 1. The highest BCUT2D eigenvalue weighted by Gasteiger charge is 2.26. The number of rotatable bonds is 6. The van der Waals surface area contributed by atoms with Crippen LogP contribution in [0.15, 0.2) is 0 Å². The van der Waals surface area contributed by atoms with Gasteiger partial charge in [-0.25, -0.2) is 13.1 Å². The van der Waals surface area contributed by atoms with Crippen molar-refractivity contribution in [3.8, 4) is 0 Å². The Morgan fingerprint density at radius 3 is 2.81 bits per heavy atom. The maximum absolute atomic E-state index is 11.6. The van der Waals surface area contributed by atoms with Crippen molar-refractivity contribution in [1.82, 2.24) is 10.0 Å². The molecule has 0 radical (unpaired) electrons. The Labute approximate surface area is 96.0 Å². The number of amides is 1. The number of carbonyl (C=O) groups excluding carboxylic acids is 1. The molecule has 0 saturated carbocycles. The van der Waals surface area contributed by atoms with Crippen LogP contribution in [-0.2, 0) is 14.8 Å². The number of nitrogens with one attached hydrogen (secondary N) is 2. The third kappa shape index (κ3) is 4.46. The molecule has 1 fully saturated rings. The van der Waals surface area contributed by atoms with Crippen LogP contribution < -0.4 is 15.8 Å². The molecule has 0 aromatic rings. The van der Waals surface area contributed by atoms with Gasteiger partial charge in [0.1, 0.15) is 6.04 Å². The molecular formula is C9H19N3O3S. The molecule has 94 valence electrons. The van der Waals surface area contributed by atoms with Crippen LogP contribution in [0.25, 0.3) is 0 Å². The van der Waals surface area contributed by atoms with Crippen molar-refractivity contribution in [2.75, 3.05) is 18.8 Å². The number of sulfonamides is 1. The summed E-state index contributed by atoms with van der Waals surface area (Å²) in [6.45, 7) is 1.11. The molecule has 1 aliphatic rings. The highest BCUT2D eigenvalue weighted by Crippen LogP contribution is 2.05. The molecule has 0 spiro atoms. The van der Waals surface area contributed by atoms with E-state index in [1.165, 1.54) is 0 Å². The Bertz CT molecular complexity index is 329. The summed E-state index contributed by atoms with van der Waals surface area (Å²) >= 11 is 0. The van der Waals surface area contributed by atoms with Gasteiger partial charge in [0.05, 0.1) is 5.75 Å². The Hall–Kier alpha value is -0.660. The van der Waals surface area contributed by atoms with E-state index in [0.29, 0.717) is 32.4 Å². The Morgan fingerprint density at radius 2 is 2.19 bits per heavy atom. The second kappa shape index (κ2) is 6.17. The fraction of sp³-hybridized carbons (Fsp3) is 0.889. The van der Waals surface area contributed by atoms with Gasteiger partial charge in [0, 0.05) is 6.54 Å². The predicted octanol–water partition coefficient (Wildman–Crippen LogP) is -1.08. The minimum atomic E-state index is -3.35. The smallest absolute Gasteiger partial charge is 0.238 e. The lowest BCUT2D eigenvalue weighted by Crippen LogP contribution is -2.50. The Kier molecular flexibility index (Phi) is 5.17. The number of hydrogen-bond acceptors (Lipinski definition) is 4. The van der Waals surface area contributed by atoms with E-state index in [1.807, 2.05) is 0 Å².